The predicted octanol–water partition coefficient (Wildman–Crippen LogP) is 16.1. The van der Waals surface area contributed by atoms with E-state index in [0.717, 1.165) is 77.3 Å². The number of nitrogens with zero attached hydrogens (tertiary/aromatic N) is 5. The van der Waals surface area contributed by atoms with Gasteiger partial charge in [-0.05, 0) is 81.4 Å². The number of hydrogen-bond donors (Lipinski definition) is 0. The Hall–Kier alpha value is -9.19. The first-order chi connectivity index (χ1) is 33.7. The number of fused-ring (bicyclic) bond motifs is 6. The zero-order valence-electron chi connectivity index (χ0n) is 36.9. The summed E-state index contributed by atoms with van der Waals surface area (Å²) in [6, 6.07) is 88.3. The Morgan fingerprint density at radius 3 is 1.21 bits per heavy atom. The maximum atomic E-state index is 5.34. The van der Waals surface area contributed by atoms with Crippen molar-refractivity contribution < 1.29 is 0 Å². The van der Waals surface area contributed by atoms with Crippen molar-refractivity contribution in [2.75, 3.05) is 0 Å². The molecule has 13 rings (SSSR count). The van der Waals surface area contributed by atoms with Crippen LogP contribution in [-0.2, 0) is 0 Å². The summed E-state index contributed by atoms with van der Waals surface area (Å²) in [5.74, 6) is 1.78. The van der Waals surface area contributed by atoms with Crippen LogP contribution in [0.2, 0.25) is 0 Å². The van der Waals surface area contributed by atoms with Crippen molar-refractivity contribution >= 4 is 43.6 Å². The van der Waals surface area contributed by atoms with Gasteiger partial charge in [0.25, 0.3) is 0 Å². The van der Waals surface area contributed by atoms with Gasteiger partial charge in [-0.25, -0.2) is 4.98 Å². The molecule has 0 fully saturated rings. The quantitative estimate of drug-likeness (QED) is 0.153. The first-order valence-electron chi connectivity index (χ1n) is 23.0. The first-order valence-corrected chi connectivity index (χ1v) is 23.0. The average Bonchev–Trinajstić information content (AvgIpc) is 3.92. The molecule has 0 saturated heterocycles. The molecule has 0 bridgehead atoms. The molecule has 5 heteroatoms. The summed E-state index contributed by atoms with van der Waals surface area (Å²) in [6.07, 6.45) is 0. The van der Waals surface area contributed by atoms with Gasteiger partial charge < -0.3 is 4.57 Å². The van der Waals surface area contributed by atoms with Crippen molar-refractivity contribution in [2.24, 2.45) is 0 Å². The molecular weight excluding hydrogens is 827 g/mol. The maximum Gasteiger partial charge on any atom is 0.238 e. The third-order valence-electron chi connectivity index (χ3n) is 13.2. The fourth-order valence-corrected chi connectivity index (χ4v) is 9.93. The Morgan fingerprint density at radius 2 is 0.632 bits per heavy atom. The van der Waals surface area contributed by atoms with Crippen molar-refractivity contribution in [1.82, 2.24) is 24.1 Å². The van der Waals surface area contributed by atoms with Crippen molar-refractivity contribution in [3.63, 3.8) is 0 Å². The molecule has 10 aromatic carbocycles. The van der Waals surface area contributed by atoms with E-state index in [1.165, 1.54) is 27.6 Å². The lowest BCUT2D eigenvalue weighted by molar-refractivity contribution is 0.954. The fourth-order valence-electron chi connectivity index (χ4n) is 9.93. The Bertz CT molecular complexity index is 3990. The average molecular weight is 868 g/mol. The van der Waals surface area contributed by atoms with Gasteiger partial charge in [-0.1, -0.05) is 206 Å². The fraction of sp³-hybridized carbons (Fsp3) is 0. The standard InChI is InChI=1S/C63H41N5/c1-5-18-42(19-6-1)48-26-17-27-49(38-48)44-32-34-47(35-33-44)62-64-61(46-24-11-4-12-25-46)65-63(66-62)68-57-31-16-14-29-52(57)55-40-59-54(41-60(55)68)51-28-13-15-30-56(51)67(59)58-37-36-50(43-20-7-2-8-21-43)39-53(58)45-22-9-3-10-23-45/h1-41H. The largest absolute Gasteiger partial charge is 0.309 e. The molecule has 318 valence electrons. The molecule has 0 aliphatic carbocycles. The van der Waals surface area contributed by atoms with E-state index in [0.29, 0.717) is 17.6 Å². The summed E-state index contributed by atoms with van der Waals surface area (Å²) in [4.78, 5) is 15.8. The first kappa shape index (κ1) is 39.2. The zero-order chi connectivity index (χ0) is 45.0. The Balaban J connectivity index is 1.01. The molecule has 3 aromatic heterocycles. The molecule has 0 aliphatic heterocycles. The van der Waals surface area contributed by atoms with E-state index in [-0.39, 0.29) is 0 Å². The van der Waals surface area contributed by atoms with Gasteiger partial charge in [0.05, 0.1) is 27.8 Å². The molecule has 0 saturated carbocycles. The summed E-state index contributed by atoms with van der Waals surface area (Å²) >= 11 is 0. The van der Waals surface area contributed by atoms with Crippen LogP contribution in [0.25, 0.3) is 123 Å². The topological polar surface area (TPSA) is 48.5 Å². The summed E-state index contributed by atoms with van der Waals surface area (Å²) in [6.45, 7) is 0. The normalized spacial score (nSPS) is 11.5. The highest BCUT2D eigenvalue weighted by molar-refractivity contribution is 6.19. The van der Waals surface area contributed by atoms with E-state index in [2.05, 4.69) is 240 Å². The van der Waals surface area contributed by atoms with E-state index in [1.807, 2.05) is 18.2 Å². The second-order valence-electron chi connectivity index (χ2n) is 17.2. The molecule has 0 atom stereocenters. The Kier molecular flexibility index (Phi) is 9.43. The van der Waals surface area contributed by atoms with Crippen LogP contribution < -0.4 is 0 Å². The van der Waals surface area contributed by atoms with Gasteiger partial charge in [0.2, 0.25) is 5.95 Å². The van der Waals surface area contributed by atoms with Gasteiger partial charge in [0.15, 0.2) is 11.6 Å². The SMILES string of the molecule is c1ccc(-c2cccc(-c3ccc(-c4nc(-c5ccccc5)nc(-n5c6ccccc6c6cc7c(cc65)c5ccccc5n7-c5ccc(-c6ccccc6)cc5-c5ccccc5)n4)cc3)c2)cc1. The molecule has 0 radical (unpaired) electrons. The van der Waals surface area contributed by atoms with Crippen LogP contribution in [0.5, 0.6) is 0 Å². The molecule has 0 aliphatic rings. The highest BCUT2D eigenvalue weighted by atomic mass is 15.2. The van der Waals surface area contributed by atoms with Crippen LogP contribution in [-0.4, -0.2) is 24.1 Å². The monoisotopic (exact) mass is 867 g/mol. The van der Waals surface area contributed by atoms with E-state index in [9.17, 15) is 0 Å². The lowest BCUT2D eigenvalue weighted by Gasteiger charge is -2.16. The number of para-hydroxylation sites is 2. The number of hydrogen-bond acceptors (Lipinski definition) is 3. The minimum Gasteiger partial charge on any atom is -0.309 e. The third kappa shape index (κ3) is 6.76. The van der Waals surface area contributed by atoms with Crippen LogP contribution in [0.4, 0.5) is 0 Å². The molecule has 5 nitrogen and oxygen atoms in total. The second-order valence-corrected chi connectivity index (χ2v) is 17.2. The number of rotatable bonds is 8. The highest BCUT2D eigenvalue weighted by Gasteiger charge is 2.22. The highest BCUT2D eigenvalue weighted by Crippen LogP contribution is 2.42. The van der Waals surface area contributed by atoms with Crippen molar-refractivity contribution in [1.29, 1.82) is 0 Å². The lowest BCUT2D eigenvalue weighted by atomic mass is 9.97. The molecule has 3 heterocycles. The molecule has 0 amide bonds. The van der Waals surface area contributed by atoms with E-state index in [1.54, 1.807) is 0 Å². The minimum absolute atomic E-state index is 0.561. The van der Waals surface area contributed by atoms with Gasteiger partial charge >= 0.3 is 0 Å². The molecular formula is C63H41N5. The van der Waals surface area contributed by atoms with Gasteiger partial charge in [-0.2, -0.15) is 9.97 Å². The number of aromatic nitrogens is 5. The minimum atomic E-state index is 0.561. The Labute approximate surface area is 393 Å². The van der Waals surface area contributed by atoms with Crippen LogP contribution in [0.15, 0.2) is 249 Å². The third-order valence-corrected chi connectivity index (χ3v) is 13.2. The van der Waals surface area contributed by atoms with Gasteiger partial charge in [-0.15, -0.1) is 0 Å². The van der Waals surface area contributed by atoms with Crippen molar-refractivity contribution in [2.45, 2.75) is 0 Å². The maximum absolute atomic E-state index is 5.34. The predicted molar refractivity (Wildman–Crippen MR) is 281 cm³/mol. The van der Waals surface area contributed by atoms with Crippen LogP contribution in [0.1, 0.15) is 0 Å². The number of benzene rings is 10. The van der Waals surface area contributed by atoms with Crippen molar-refractivity contribution in [3.05, 3.63) is 249 Å². The summed E-state index contributed by atoms with van der Waals surface area (Å²) in [5, 5.41) is 4.55. The molecule has 0 unspecified atom stereocenters. The van der Waals surface area contributed by atoms with E-state index >= 15 is 0 Å². The van der Waals surface area contributed by atoms with Gasteiger partial charge in [0.1, 0.15) is 0 Å². The van der Waals surface area contributed by atoms with Crippen LogP contribution in [0.3, 0.4) is 0 Å². The molecule has 0 spiro atoms. The smallest absolute Gasteiger partial charge is 0.238 e. The van der Waals surface area contributed by atoms with Gasteiger partial charge in [0, 0.05) is 38.2 Å². The summed E-state index contributed by atoms with van der Waals surface area (Å²) < 4.78 is 4.67. The molecule has 0 N–H and O–H groups in total. The second kappa shape index (κ2) is 16.4. The van der Waals surface area contributed by atoms with Gasteiger partial charge in [-0.3, -0.25) is 4.57 Å². The van der Waals surface area contributed by atoms with E-state index < -0.39 is 0 Å². The van der Waals surface area contributed by atoms with E-state index in [4.69, 9.17) is 15.0 Å². The van der Waals surface area contributed by atoms with Crippen LogP contribution >= 0.6 is 0 Å². The molecule has 68 heavy (non-hydrogen) atoms. The summed E-state index contributed by atoms with van der Waals surface area (Å²) in [7, 11) is 0. The van der Waals surface area contributed by atoms with Crippen LogP contribution in [0, 0.1) is 0 Å². The van der Waals surface area contributed by atoms with Crippen molar-refractivity contribution in [3.8, 4) is 78.9 Å². The summed E-state index contributed by atoms with van der Waals surface area (Å²) in [5.41, 5.74) is 16.6. The zero-order valence-corrected chi connectivity index (χ0v) is 36.9. The Morgan fingerprint density at radius 1 is 0.235 bits per heavy atom. The lowest BCUT2D eigenvalue weighted by Crippen LogP contribution is -2.06. The molecule has 13 aromatic rings.